The van der Waals surface area contributed by atoms with Crippen LogP contribution in [0.1, 0.15) is 11.1 Å². The van der Waals surface area contributed by atoms with Crippen molar-refractivity contribution < 1.29 is 9.53 Å². The first kappa shape index (κ1) is 18.3. The Morgan fingerprint density at radius 3 is 2.38 bits per heavy atom. The van der Waals surface area contributed by atoms with Crippen molar-refractivity contribution in [1.29, 1.82) is 0 Å². The fourth-order valence-corrected chi connectivity index (χ4v) is 3.22. The summed E-state index contributed by atoms with van der Waals surface area (Å²) in [4.78, 5) is 16.9. The number of nitrogens with one attached hydrogen (secondary N) is 1. The Labute approximate surface area is 155 Å². The minimum atomic E-state index is 0.0524. The third-order valence-corrected chi connectivity index (χ3v) is 4.84. The summed E-state index contributed by atoms with van der Waals surface area (Å²) < 4.78 is 5.21. The summed E-state index contributed by atoms with van der Waals surface area (Å²) in [5, 5.41) is 3.05. The molecule has 0 atom stereocenters. The number of carbonyl (C=O) groups is 1. The minimum Gasteiger partial charge on any atom is -0.497 e. The summed E-state index contributed by atoms with van der Waals surface area (Å²) in [6, 6.07) is 14.3. The van der Waals surface area contributed by atoms with Gasteiger partial charge in [-0.2, -0.15) is 0 Å². The van der Waals surface area contributed by atoms with Crippen molar-refractivity contribution in [2.45, 2.75) is 13.8 Å². The molecular weight excluding hydrogens is 326 g/mol. The van der Waals surface area contributed by atoms with E-state index >= 15 is 0 Å². The number of piperazine rings is 1. The largest absolute Gasteiger partial charge is 0.497 e. The average molecular weight is 353 g/mol. The highest BCUT2D eigenvalue weighted by Gasteiger charge is 2.19. The van der Waals surface area contributed by atoms with E-state index in [0.29, 0.717) is 6.54 Å². The lowest BCUT2D eigenvalue weighted by Gasteiger charge is -2.35. The smallest absolute Gasteiger partial charge is 0.238 e. The van der Waals surface area contributed by atoms with Gasteiger partial charge in [0.05, 0.1) is 13.7 Å². The van der Waals surface area contributed by atoms with Gasteiger partial charge >= 0.3 is 0 Å². The van der Waals surface area contributed by atoms with Crippen LogP contribution in [0, 0.1) is 13.8 Å². The number of rotatable bonds is 5. The molecule has 2 aromatic carbocycles. The van der Waals surface area contributed by atoms with E-state index in [1.165, 1.54) is 5.69 Å². The Kier molecular flexibility index (Phi) is 5.78. The second-order valence-electron chi connectivity index (χ2n) is 6.83. The van der Waals surface area contributed by atoms with E-state index in [0.717, 1.165) is 48.7 Å². The molecule has 3 rings (SSSR count). The Bertz CT molecular complexity index is 750. The second kappa shape index (κ2) is 8.23. The molecule has 138 valence electrons. The average Bonchev–Trinajstić information content (AvgIpc) is 2.65. The topological polar surface area (TPSA) is 44.8 Å². The van der Waals surface area contributed by atoms with E-state index in [-0.39, 0.29) is 5.91 Å². The van der Waals surface area contributed by atoms with E-state index < -0.39 is 0 Å². The number of hydrogen-bond acceptors (Lipinski definition) is 4. The maximum absolute atomic E-state index is 12.4. The predicted molar refractivity (Wildman–Crippen MR) is 106 cm³/mol. The van der Waals surface area contributed by atoms with Crippen LogP contribution >= 0.6 is 0 Å². The third kappa shape index (κ3) is 4.55. The summed E-state index contributed by atoms with van der Waals surface area (Å²) in [5.41, 5.74) is 4.35. The van der Waals surface area contributed by atoms with Gasteiger partial charge in [-0.05, 0) is 55.3 Å². The minimum absolute atomic E-state index is 0.0524. The zero-order chi connectivity index (χ0) is 18.5. The number of carbonyl (C=O) groups excluding carboxylic acids is 1. The number of anilines is 2. The van der Waals surface area contributed by atoms with Crippen LogP contribution in [0.2, 0.25) is 0 Å². The molecule has 2 aromatic rings. The van der Waals surface area contributed by atoms with Gasteiger partial charge in [-0.25, -0.2) is 0 Å². The fraction of sp³-hybridized carbons (Fsp3) is 0.381. The normalized spacial score (nSPS) is 15.0. The van der Waals surface area contributed by atoms with Gasteiger partial charge in [-0.3, -0.25) is 9.69 Å². The summed E-state index contributed by atoms with van der Waals surface area (Å²) in [6.45, 7) is 8.09. The van der Waals surface area contributed by atoms with Gasteiger partial charge in [0.25, 0.3) is 0 Å². The molecule has 1 amide bonds. The number of ether oxygens (including phenoxy) is 1. The predicted octanol–water partition coefficient (Wildman–Crippen LogP) is 3.07. The fourth-order valence-electron chi connectivity index (χ4n) is 3.22. The summed E-state index contributed by atoms with van der Waals surface area (Å²) in [5.74, 6) is 0.923. The van der Waals surface area contributed by atoms with Crippen molar-refractivity contribution in [2.24, 2.45) is 0 Å². The van der Waals surface area contributed by atoms with Gasteiger partial charge in [-0.1, -0.05) is 12.1 Å². The molecule has 1 heterocycles. The number of methoxy groups -OCH3 is 1. The molecule has 0 bridgehead atoms. The monoisotopic (exact) mass is 353 g/mol. The number of nitrogens with zero attached hydrogens (tertiary/aromatic N) is 2. The first-order valence-electron chi connectivity index (χ1n) is 9.03. The van der Waals surface area contributed by atoms with Crippen LogP contribution in [0.25, 0.3) is 0 Å². The van der Waals surface area contributed by atoms with Crippen LogP contribution in [0.4, 0.5) is 11.4 Å². The molecular formula is C21H27N3O2. The van der Waals surface area contributed by atoms with Crippen molar-refractivity contribution in [3.63, 3.8) is 0 Å². The molecule has 1 fully saturated rings. The van der Waals surface area contributed by atoms with Gasteiger partial charge < -0.3 is 15.0 Å². The van der Waals surface area contributed by atoms with Gasteiger partial charge in [-0.15, -0.1) is 0 Å². The Morgan fingerprint density at radius 2 is 1.73 bits per heavy atom. The molecule has 26 heavy (non-hydrogen) atoms. The maximum atomic E-state index is 12.4. The van der Waals surface area contributed by atoms with Crippen LogP contribution in [0.5, 0.6) is 5.75 Å². The van der Waals surface area contributed by atoms with E-state index in [9.17, 15) is 4.79 Å². The molecule has 1 N–H and O–H groups in total. The summed E-state index contributed by atoms with van der Waals surface area (Å²) in [6.07, 6.45) is 0. The van der Waals surface area contributed by atoms with E-state index in [1.54, 1.807) is 7.11 Å². The first-order valence-corrected chi connectivity index (χ1v) is 9.03. The van der Waals surface area contributed by atoms with Gasteiger partial charge in [0.2, 0.25) is 5.91 Å². The van der Waals surface area contributed by atoms with E-state index in [2.05, 4.69) is 33.3 Å². The highest BCUT2D eigenvalue weighted by atomic mass is 16.5. The van der Waals surface area contributed by atoms with Crippen molar-refractivity contribution >= 4 is 17.3 Å². The van der Waals surface area contributed by atoms with Crippen molar-refractivity contribution in [1.82, 2.24) is 4.90 Å². The number of aryl methyl sites for hydroxylation is 2. The zero-order valence-corrected chi connectivity index (χ0v) is 15.8. The second-order valence-corrected chi connectivity index (χ2v) is 6.83. The lowest BCUT2D eigenvalue weighted by molar-refractivity contribution is -0.117. The lowest BCUT2D eigenvalue weighted by atomic mass is 10.1. The SMILES string of the molecule is COc1ccc(N2CCN(CC(=O)Nc3cc(C)ccc3C)CC2)cc1. The maximum Gasteiger partial charge on any atom is 0.238 e. The third-order valence-electron chi connectivity index (χ3n) is 4.84. The zero-order valence-electron chi connectivity index (χ0n) is 15.8. The standard InChI is InChI=1S/C21H27N3O2/c1-16-4-5-17(2)20(14-16)22-21(25)15-23-10-12-24(13-11-23)18-6-8-19(26-3)9-7-18/h4-9,14H,10-13,15H2,1-3H3,(H,22,25). The highest BCUT2D eigenvalue weighted by Crippen LogP contribution is 2.21. The van der Waals surface area contributed by atoms with Crippen LogP contribution in [0.15, 0.2) is 42.5 Å². The van der Waals surface area contributed by atoms with Crippen LogP contribution in [-0.4, -0.2) is 50.6 Å². The molecule has 0 spiro atoms. The van der Waals surface area contributed by atoms with Crippen molar-refractivity contribution in [3.05, 3.63) is 53.6 Å². The van der Waals surface area contributed by atoms with Crippen LogP contribution in [-0.2, 0) is 4.79 Å². The molecule has 1 aliphatic heterocycles. The highest BCUT2D eigenvalue weighted by molar-refractivity contribution is 5.93. The molecule has 1 aliphatic rings. The molecule has 0 aliphatic carbocycles. The molecule has 5 heteroatoms. The molecule has 0 unspecified atom stereocenters. The first-order chi connectivity index (χ1) is 12.5. The Hall–Kier alpha value is -2.53. The number of benzene rings is 2. The number of amides is 1. The van der Waals surface area contributed by atoms with Crippen LogP contribution < -0.4 is 15.0 Å². The molecule has 5 nitrogen and oxygen atoms in total. The van der Waals surface area contributed by atoms with E-state index in [1.807, 2.05) is 38.1 Å². The summed E-state index contributed by atoms with van der Waals surface area (Å²) in [7, 11) is 1.68. The lowest BCUT2D eigenvalue weighted by Crippen LogP contribution is -2.48. The quantitative estimate of drug-likeness (QED) is 0.897. The Morgan fingerprint density at radius 1 is 1.04 bits per heavy atom. The number of hydrogen-bond donors (Lipinski definition) is 1. The van der Waals surface area contributed by atoms with Crippen molar-refractivity contribution in [3.8, 4) is 5.75 Å². The van der Waals surface area contributed by atoms with E-state index in [4.69, 9.17) is 4.74 Å². The van der Waals surface area contributed by atoms with Gasteiger partial charge in [0, 0.05) is 37.6 Å². The van der Waals surface area contributed by atoms with Crippen LogP contribution in [0.3, 0.4) is 0 Å². The van der Waals surface area contributed by atoms with Crippen molar-refractivity contribution in [2.75, 3.05) is 50.1 Å². The Balaban J connectivity index is 1.50. The molecule has 0 saturated carbocycles. The molecule has 1 saturated heterocycles. The summed E-state index contributed by atoms with van der Waals surface area (Å²) >= 11 is 0. The molecule has 0 radical (unpaired) electrons. The molecule has 0 aromatic heterocycles. The van der Waals surface area contributed by atoms with Gasteiger partial charge in [0.15, 0.2) is 0 Å². The van der Waals surface area contributed by atoms with Gasteiger partial charge in [0.1, 0.15) is 5.75 Å².